The number of likely N-dealkylation sites (tertiary alicyclic amines) is 1. The van der Waals surface area contributed by atoms with Crippen LogP contribution in [0.1, 0.15) is 19.8 Å². The molecule has 0 spiro atoms. The summed E-state index contributed by atoms with van der Waals surface area (Å²) >= 11 is 0. The topological polar surface area (TPSA) is 42.6 Å². The van der Waals surface area contributed by atoms with E-state index >= 15 is 0 Å². The van der Waals surface area contributed by atoms with E-state index in [2.05, 4.69) is 22.5 Å². The lowest BCUT2D eigenvalue weighted by atomic mass is 10.2. The number of hydrogen-bond donors (Lipinski definition) is 0. The van der Waals surface area contributed by atoms with Gasteiger partial charge in [0.15, 0.2) is 0 Å². The van der Waals surface area contributed by atoms with E-state index in [0.717, 1.165) is 36.6 Å². The van der Waals surface area contributed by atoms with Gasteiger partial charge in [0, 0.05) is 25.4 Å². The van der Waals surface area contributed by atoms with Crippen LogP contribution in [-0.4, -0.2) is 35.3 Å². The number of aliphatic imine (C=N–C) groups is 1. The molecule has 1 atom stereocenters. The molecule has 1 fully saturated rings. The summed E-state index contributed by atoms with van der Waals surface area (Å²) in [7, 11) is 1.93. The molecule has 0 N–H and O–H groups in total. The summed E-state index contributed by atoms with van der Waals surface area (Å²) < 4.78 is 0. The Bertz CT molecular complexity index is 413. The third-order valence-electron chi connectivity index (χ3n) is 3.06. The summed E-state index contributed by atoms with van der Waals surface area (Å²) in [5.74, 6) is 1.64. The highest BCUT2D eigenvalue weighted by atomic mass is 15.3. The van der Waals surface area contributed by atoms with Crippen LogP contribution in [0.2, 0.25) is 0 Å². The average molecular weight is 216 g/mol. The van der Waals surface area contributed by atoms with Gasteiger partial charge in [-0.1, -0.05) is 6.58 Å². The monoisotopic (exact) mass is 216 g/mol. The van der Waals surface area contributed by atoms with Crippen molar-refractivity contribution in [3.8, 4) is 6.07 Å². The molecule has 4 heteroatoms. The normalized spacial score (nSPS) is 25.3. The maximum Gasteiger partial charge on any atom is 0.136 e. The number of rotatable bonds is 0. The van der Waals surface area contributed by atoms with Gasteiger partial charge in [0.25, 0.3) is 0 Å². The molecule has 1 unspecified atom stereocenters. The summed E-state index contributed by atoms with van der Waals surface area (Å²) in [5.41, 5.74) is 1.09. The molecule has 0 aliphatic carbocycles. The summed E-state index contributed by atoms with van der Waals surface area (Å²) in [6, 6.07) is 2.30. The maximum absolute atomic E-state index is 9.07. The quantitative estimate of drug-likeness (QED) is 0.619. The molecule has 0 amide bonds. The Morgan fingerprint density at radius 3 is 3.06 bits per heavy atom. The van der Waals surface area contributed by atoms with Crippen molar-refractivity contribution in [3.05, 3.63) is 24.2 Å². The van der Waals surface area contributed by atoms with Crippen molar-refractivity contribution in [3.63, 3.8) is 0 Å². The standard InChI is InChI=1S/C12H16N4/c1-9-8-15(3)10(2)14-12(9)16-6-4-5-11(16)7-13/h8,11H,2,4-6H2,1,3H3. The molecule has 2 rings (SSSR count). The average Bonchev–Trinajstić information content (AvgIpc) is 2.71. The van der Waals surface area contributed by atoms with E-state index in [1.54, 1.807) is 0 Å². The van der Waals surface area contributed by atoms with Gasteiger partial charge in [-0.2, -0.15) is 5.26 Å². The first-order valence-electron chi connectivity index (χ1n) is 5.49. The molecule has 0 aromatic carbocycles. The second-order valence-corrected chi connectivity index (χ2v) is 4.26. The zero-order chi connectivity index (χ0) is 11.7. The molecule has 0 saturated carbocycles. The third kappa shape index (κ3) is 1.69. The Labute approximate surface area is 96.2 Å². The highest BCUT2D eigenvalue weighted by molar-refractivity contribution is 5.99. The van der Waals surface area contributed by atoms with Crippen LogP contribution < -0.4 is 0 Å². The van der Waals surface area contributed by atoms with Crippen molar-refractivity contribution in [1.29, 1.82) is 5.26 Å². The highest BCUT2D eigenvalue weighted by Crippen LogP contribution is 2.23. The Morgan fingerprint density at radius 2 is 2.38 bits per heavy atom. The van der Waals surface area contributed by atoms with Gasteiger partial charge in [-0.25, -0.2) is 4.99 Å². The fraction of sp³-hybridized carbons (Fsp3) is 0.500. The minimum atomic E-state index is -0.0293. The minimum absolute atomic E-state index is 0.0293. The number of hydrogen-bond acceptors (Lipinski definition) is 4. The molecular weight excluding hydrogens is 200 g/mol. The Balaban J connectivity index is 2.28. The molecule has 4 nitrogen and oxygen atoms in total. The Kier molecular flexibility index (Phi) is 2.69. The molecular formula is C12H16N4. The first-order valence-corrected chi connectivity index (χ1v) is 5.49. The van der Waals surface area contributed by atoms with Gasteiger partial charge in [-0.05, 0) is 19.8 Å². The van der Waals surface area contributed by atoms with E-state index in [0.29, 0.717) is 0 Å². The molecule has 0 radical (unpaired) electrons. The highest BCUT2D eigenvalue weighted by Gasteiger charge is 2.29. The summed E-state index contributed by atoms with van der Waals surface area (Å²) in [5, 5.41) is 9.07. The van der Waals surface area contributed by atoms with Gasteiger partial charge in [0.05, 0.1) is 6.07 Å². The van der Waals surface area contributed by atoms with Crippen LogP contribution in [0.15, 0.2) is 29.2 Å². The molecule has 1 saturated heterocycles. The smallest absolute Gasteiger partial charge is 0.136 e. The van der Waals surface area contributed by atoms with Gasteiger partial charge in [-0.3, -0.25) is 0 Å². The van der Waals surface area contributed by atoms with Crippen LogP contribution in [0, 0.1) is 11.3 Å². The van der Waals surface area contributed by atoms with Crippen molar-refractivity contribution in [2.45, 2.75) is 25.8 Å². The van der Waals surface area contributed by atoms with Crippen molar-refractivity contribution >= 4 is 5.84 Å². The van der Waals surface area contributed by atoms with Crippen molar-refractivity contribution in [2.24, 2.45) is 4.99 Å². The molecule has 0 aromatic rings. The molecule has 84 valence electrons. The van der Waals surface area contributed by atoms with Crippen molar-refractivity contribution < 1.29 is 0 Å². The van der Waals surface area contributed by atoms with E-state index in [1.165, 1.54) is 0 Å². The van der Waals surface area contributed by atoms with E-state index < -0.39 is 0 Å². The number of nitriles is 1. The minimum Gasteiger partial charge on any atom is -0.340 e. The lowest BCUT2D eigenvalue weighted by Gasteiger charge is -2.29. The zero-order valence-corrected chi connectivity index (χ0v) is 9.77. The van der Waals surface area contributed by atoms with Gasteiger partial charge in [0.2, 0.25) is 0 Å². The predicted octanol–water partition coefficient (Wildman–Crippen LogP) is 1.69. The van der Waals surface area contributed by atoms with Gasteiger partial charge >= 0.3 is 0 Å². The van der Waals surface area contributed by atoms with E-state index in [1.807, 2.05) is 25.1 Å². The van der Waals surface area contributed by atoms with Gasteiger partial charge in [0.1, 0.15) is 17.7 Å². The summed E-state index contributed by atoms with van der Waals surface area (Å²) in [6.45, 7) is 6.82. The van der Waals surface area contributed by atoms with Crippen molar-refractivity contribution in [2.75, 3.05) is 13.6 Å². The predicted molar refractivity (Wildman–Crippen MR) is 63.4 cm³/mol. The molecule has 0 bridgehead atoms. The molecule has 2 aliphatic heterocycles. The molecule has 2 aliphatic rings. The van der Waals surface area contributed by atoms with Crippen LogP contribution in [-0.2, 0) is 0 Å². The summed E-state index contributed by atoms with van der Waals surface area (Å²) in [6.07, 6.45) is 4.01. The maximum atomic E-state index is 9.07. The number of amidine groups is 1. The fourth-order valence-corrected chi connectivity index (χ4v) is 2.16. The van der Waals surface area contributed by atoms with E-state index in [4.69, 9.17) is 5.26 Å². The van der Waals surface area contributed by atoms with Crippen LogP contribution in [0.4, 0.5) is 0 Å². The van der Waals surface area contributed by atoms with Crippen LogP contribution in [0.25, 0.3) is 0 Å². The van der Waals surface area contributed by atoms with Crippen LogP contribution >= 0.6 is 0 Å². The number of nitrogens with zero attached hydrogens (tertiary/aromatic N) is 4. The van der Waals surface area contributed by atoms with Crippen LogP contribution in [0.5, 0.6) is 0 Å². The summed E-state index contributed by atoms with van der Waals surface area (Å²) in [4.78, 5) is 8.47. The van der Waals surface area contributed by atoms with E-state index in [9.17, 15) is 0 Å². The molecule has 16 heavy (non-hydrogen) atoms. The van der Waals surface area contributed by atoms with Crippen molar-refractivity contribution in [1.82, 2.24) is 9.80 Å². The van der Waals surface area contributed by atoms with E-state index in [-0.39, 0.29) is 6.04 Å². The van der Waals surface area contributed by atoms with Crippen LogP contribution in [0.3, 0.4) is 0 Å². The lowest BCUT2D eigenvalue weighted by Crippen LogP contribution is -2.37. The second kappa shape index (κ2) is 4.01. The lowest BCUT2D eigenvalue weighted by molar-refractivity contribution is 0.443. The fourth-order valence-electron chi connectivity index (χ4n) is 2.16. The molecule has 2 heterocycles. The first-order chi connectivity index (χ1) is 7.63. The zero-order valence-electron chi connectivity index (χ0n) is 9.77. The second-order valence-electron chi connectivity index (χ2n) is 4.26. The Morgan fingerprint density at radius 1 is 1.62 bits per heavy atom. The third-order valence-corrected chi connectivity index (χ3v) is 3.06. The molecule has 0 aromatic heterocycles. The first kappa shape index (κ1) is 10.7. The van der Waals surface area contributed by atoms with Gasteiger partial charge in [-0.15, -0.1) is 0 Å². The Hall–Kier alpha value is -1.76. The SMILES string of the molecule is C=C1N=C(N2CCCC2C#N)C(C)=CN1C. The van der Waals surface area contributed by atoms with Gasteiger partial charge < -0.3 is 9.80 Å². The largest absolute Gasteiger partial charge is 0.340 e.